The Labute approximate surface area is 120 Å². The van der Waals surface area contributed by atoms with Crippen LogP contribution in [0, 0.1) is 0 Å². The molecular formula is GaInO6SnZn. The van der Waals surface area contributed by atoms with E-state index in [1.165, 1.54) is 0 Å². The molecule has 0 aromatic carbocycles. The van der Waals surface area contributed by atoms with E-state index in [-0.39, 0.29) is 122 Å². The van der Waals surface area contributed by atoms with Gasteiger partial charge in [-0.25, -0.2) is 0 Å². The third-order valence-corrected chi connectivity index (χ3v) is 0. The standard InChI is InChI=1S/Ga.In.6O.Sn.Zn/q2*+3;6*-2;+4;+2. The van der Waals surface area contributed by atoms with E-state index in [1.807, 2.05) is 0 Å². The summed E-state index contributed by atoms with van der Waals surface area (Å²) in [5, 5.41) is 0. The van der Waals surface area contributed by atoms with Gasteiger partial charge in [0.2, 0.25) is 0 Å². The van der Waals surface area contributed by atoms with Gasteiger partial charge in [-0.15, -0.1) is 0 Å². The summed E-state index contributed by atoms with van der Waals surface area (Å²) in [6, 6.07) is 0. The van der Waals surface area contributed by atoms with Crippen LogP contribution in [0.4, 0.5) is 0 Å². The molecule has 0 bridgehead atoms. The van der Waals surface area contributed by atoms with Gasteiger partial charge in [-0.1, -0.05) is 0 Å². The van der Waals surface area contributed by atoms with Gasteiger partial charge in [0.1, 0.15) is 0 Å². The van der Waals surface area contributed by atoms with Crippen molar-refractivity contribution < 1.29 is 52.3 Å². The van der Waals surface area contributed by atoms with Crippen molar-refractivity contribution in [3.63, 3.8) is 0 Å². The summed E-state index contributed by atoms with van der Waals surface area (Å²) in [4.78, 5) is 0. The minimum Gasteiger partial charge on any atom is -2.00 e. The topological polar surface area (TPSA) is 171 Å². The molecule has 0 amide bonds. The molecule has 0 heterocycles. The van der Waals surface area contributed by atoms with Crippen LogP contribution in [0.3, 0.4) is 0 Å². The second-order valence-corrected chi connectivity index (χ2v) is 0. The van der Waals surface area contributed by atoms with E-state index in [9.17, 15) is 0 Å². The molecule has 0 fully saturated rings. The third kappa shape index (κ3) is 139. The van der Waals surface area contributed by atoms with Crippen molar-refractivity contribution in [3.8, 4) is 0 Å². The van der Waals surface area contributed by atoms with Crippen molar-refractivity contribution in [2.24, 2.45) is 0 Å². The van der Waals surface area contributed by atoms with E-state index in [0.29, 0.717) is 0 Å². The van der Waals surface area contributed by atoms with Crippen LogP contribution in [-0.4, -0.2) is 69.5 Å². The van der Waals surface area contributed by atoms with E-state index in [4.69, 9.17) is 0 Å². The van der Waals surface area contributed by atoms with Gasteiger partial charge in [-0.05, 0) is 0 Å². The van der Waals surface area contributed by atoms with Crippen molar-refractivity contribution in [2.75, 3.05) is 0 Å². The number of hydrogen-bond donors (Lipinski definition) is 0. The zero-order chi connectivity index (χ0) is 0. The van der Waals surface area contributed by atoms with Crippen molar-refractivity contribution in [1.82, 2.24) is 0 Å². The minimum absolute atomic E-state index is 0. The van der Waals surface area contributed by atoms with Crippen LogP contribution in [0.2, 0.25) is 0 Å². The van der Waals surface area contributed by atoms with E-state index < -0.39 is 0 Å². The fourth-order valence-corrected chi connectivity index (χ4v) is 0. The molecule has 0 saturated heterocycles. The van der Waals surface area contributed by atoms with Gasteiger partial charge in [-0.3, -0.25) is 0 Å². The van der Waals surface area contributed by atoms with E-state index in [0.717, 1.165) is 0 Å². The molecule has 0 N–H and O–H groups in total. The van der Waals surface area contributed by atoms with Crippen molar-refractivity contribution in [3.05, 3.63) is 0 Å². The Morgan fingerprint density at radius 2 is 0.500 bits per heavy atom. The van der Waals surface area contributed by atoms with Crippen LogP contribution in [0.15, 0.2) is 0 Å². The zero-order valence-electron chi connectivity index (χ0n) is 4.81. The number of hydrogen-bond acceptors (Lipinski definition) is 0. The smallest absolute Gasteiger partial charge is 2.00 e. The van der Waals surface area contributed by atoms with Gasteiger partial charge >= 0.3 is 89.0 Å². The molecule has 10 heavy (non-hydrogen) atoms. The van der Waals surface area contributed by atoms with Crippen LogP contribution in [0.1, 0.15) is 0 Å². The van der Waals surface area contributed by atoms with Crippen LogP contribution < -0.4 is 0 Å². The van der Waals surface area contributed by atoms with Gasteiger partial charge in [0.25, 0.3) is 0 Å². The van der Waals surface area contributed by atoms with Crippen LogP contribution in [-0.2, 0) is 52.3 Å². The molecule has 0 spiro atoms. The van der Waals surface area contributed by atoms with Crippen molar-refractivity contribution in [1.29, 1.82) is 0 Å². The SMILES string of the molecule is [Ga+3].[In+3].[O-2].[O-2].[O-2].[O-2].[O-2].[O-2].[Sn+4].[Zn+2]. The summed E-state index contributed by atoms with van der Waals surface area (Å²) in [5.74, 6) is 0. The molecular weight excluding hydrogens is 465 g/mol. The average molecular weight is 465 g/mol. The maximum Gasteiger partial charge on any atom is 4.00 e. The molecule has 0 atom stereocenters. The fourth-order valence-electron chi connectivity index (χ4n) is 0. The summed E-state index contributed by atoms with van der Waals surface area (Å²) >= 11 is 0. The van der Waals surface area contributed by atoms with E-state index >= 15 is 0 Å². The summed E-state index contributed by atoms with van der Waals surface area (Å²) in [6.07, 6.45) is 0. The van der Waals surface area contributed by atoms with Gasteiger partial charge in [-0.2, -0.15) is 0 Å². The molecule has 0 unspecified atom stereocenters. The first-order chi connectivity index (χ1) is 0. The molecule has 0 aliphatic carbocycles. The molecule has 0 radical (unpaired) electrons. The Bertz CT molecular complexity index is 17.7. The Morgan fingerprint density at radius 1 is 0.500 bits per heavy atom. The van der Waals surface area contributed by atoms with Gasteiger partial charge in [0.05, 0.1) is 0 Å². The van der Waals surface area contributed by atoms with Crippen molar-refractivity contribution in [2.45, 2.75) is 0 Å². The summed E-state index contributed by atoms with van der Waals surface area (Å²) < 4.78 is 0. The van der Waals surface area contributed by atoms with E-state index in [2.05, 4.69) is 0 Å². The molecule has 6 nitrogen and oxygen atoms in total. The molecule has 0 aliphatic rings. The molecule has 10 heteroatoms. The maximum absolute atomic E-state index is 0. The third-order valence-electron chi connectivity index (χ3n) is 0. The van der Waals surface area contributed by atoms with Gasteiger partial charge in [0, 0.05) is 0 Å². The molecule has 48 valence electrons. The second kappa shape index (κ2) is 185. The predicted molar refractivity (Wildman–Crippen MR) is 21.4 cm³/mol. The first kappa shape index (κ1) is 240. The molecule has 0 aromatic rings. The molecule has 0 rings (SSSR count). The number of rotatable bonds is 0. The molecule has 0 aliphatic heterocycles. The van der Waals surface area contributed by atoms with E-state index in [1.54, 1.807) is 0 Å². The second-order valence-electron chi connectivity index (χ2n) is 0. The predicted octanol–water partition coefficient (Wildman–Crippen LogP) is -1.86. The summed E-state index contributed by atoms with van der Waals surface area (Å²) in [7, 11) is 0. The quantitative estimate of drug-likeness (QED) is 0.366. The Kier molecular flexibility index (Phi) is 4430. The normalized spacial score (nSPS) is 0. The zero-order valence-corrected chi connectivity index (χ0v) is 16.4. The van der Waals surface area contributed by atoms with Crippen LogP contribution in [0.5, 0.6) is 0 Å². The minimum atomic E-state index is 0. The monoisotopic (exact) mass is 464 g/mol. The molecule has 0 saturated carbocycles. The first-order valence-electron chi connectivity index (χ1n) is 0. The van der Waals surface area contributed by atoms with Crippen LogP contribution >= 0.6 is 0 Å². The van der Waals surface area contributed by atoms with Crippen molar-refractivity contribution >= 4 is 69.5 Å². The Balaban J connectivity index is 0. The summed E-state index contributed by atoms with van der Waals surface area (Å²) in [5.41, 5.74) is 0. The average Bonchev–Trinajstić information content (AvgIpc) is 0. The Hall–Kier alpha value is 2.69. The fraction of sp³-hybridized carbons (Fsp3) is 0. The van der Waals surface area contributed by atoms with Gasteiger partial charge in [0.15, 0.2) is 0 Å². The van der Waals surface area contributed by atoms with Crippen LogP contribution in [0.25, 0.3) is 0 Å². The Morgan fingerprint density at radius 3 is 0.500 bits per heavy atom. The summed E-state index contributed by atoms with van der Waals surface area (Å²) in [6.45, 7) is 0. The van der Waals surface area contributed by atoms with Gasteiger partial charge < -0.3 is 32.9 Å². The first-order valence-corrected chi connectivity index (χ1v) is 0. The largest absolute Gasteiger partial charge is 4.00 e. The molecule has 0 aromatic heterocycles. The maximum atomic E-state index is 0.